The molecule has 2 aromatic carbocycles. The smallest absolute Gasteiger partial charge is 0.173 e. The van der Waals surface area contributed by atoms with Gasteiger partial charge < -0.3 is 5.73 Å². The van der Waals surface area contributed by atoms with Gasteiger partial charge in [0.15, 0.2) is 11.6 Å². The number of carbonyl (C=O) groups is 2. The second-order valence-corrected chi connectivity index (χ2v) is 4.68. The molecule has 0 bridgehead atoms. The van der Waals surface area contributed by atoms with Gasteiger partial charge in [0.05, 0.1) is 5.92 Å². The van der Waals surface area contributed by atoms with Crippen molar-refractivity contribution in [3.8, 4) is 0 Å². The van der Waals surface area contributed by atoms with Crippen molar-refractivity contribution in [2.45, 2.75) is 13.5 Å². The normalized spacial score (nSPS) is 11.9. The summed E-state index contributed by atoms with van der Waals surface area (Å²) < 4.78 is 0. The highest BCUT2D eigenvalue weighted by molar-refractivity contribution is 6.16. The zero-order chi connectivity index (χ0) is 14.5. The largest absolute Gasteiger partial charge is 0.326 e. The van der Waals surface area contributed by atoms with E-state index in [1.165, 1.54) is 0 Å². The Kier molecular flexibility index (Phi) is 4.43. The van der Waals surface area contributed by atoms with Crippen LogP contribution in [0.15, 0.2) is 54.6 Å². The SMILES string of the molecule is CC(C(=O)c1ccccc1)C(=O)c1ccccc1CN. The first-order valence-corrected chi connectivity index (χ1v) is 6.56. The molecule has 0 saturated carbocycles. The predicted molar refractivity (Wildman–Crippen MR) is 78.6 cm³/mol. The maximum Gasteiger partial charge on any atom is 0.173 e. The maximum absolute atomic E-state index is 12.5. The third-order valence-corrected chi connectivity index (χ3v) is 3.35. The number of nitrogens with two attached hydrogens (primary N) is 1. The highest BCUT2D eigenvalue weighted by Gasteiger charge is 2.24. The Morgan fingerprint density at radius 3 is 2.20 bits per heavy atom. The Hall–Kier alpha value is -2.26. The summed E-state index contributed by atoms with van der Waals surface area (Å²) in [5.41, 5.74) is 7.50. The van der Waals surface area contributed by atoms with Crippen LogP contribution in [0.5, 0.6) is 0 Å². The van der Waals surface area contributed by atoms with Gasteiger partial charge in [-0.25, -0.2) is 0 Å². The monoisotopic (exact) mass is 267 g/mol. The summed E-state index contributed by atoms with van der Waals surface area (Å²) in [4.78, 5) is 24.8. The van der Waals surface area contributed by atoms with E-state index in [0.29, 0.717) is 11.1 Å². The van der Waals surface area contributed by atoms with Gasteiger partial charge in [-0.1, -0.05) is 54.6 Å². The number of hydrogen-bond acceptors (Lipinski definition) is 3. The van der Waals surface area contributed by atoms with Crippen LogP contribution in [0.3, 0.4) is 0 Å². The van der Waals surface area contributed by atoms with Crippen LogP contribution in [0.1, 0.15) is 33.2 Å². The van der Waals surface area contributed by atoms with E-state index < -0.39 is 5.92 Å². The standard InChI is InChI=1S/C17H17NO2/c1-12(16(19)13-7-3-2-4-8-13)17(20)15-10-6-5-9-14(15)11-18/h2-10,12H,11,18H2,1H3. The van der Waals surface area contributed by atoms with E-state index in [4.69, 9.17) is 5.73 Å². The Morgan fingerprint density at radius 2 is 1.55 bits per heavy atom. The molecule has 102 valence electrons. The average molecular weight is 267 g/mol. The summed E-state index contributed by atoms with van der Waals surface area (Å²) in [6.45, 7) is 1.93. The molecule has 0 aliphatic carbocycles. The molecular weight excluding hydrogens is 250 g/mol. The molecule has 0 spiro atoms. The summed E-state index contributed by atoms with van der Waals surface area (Å²) in [5, 5.41) is 0. The van der Waals surface area contributed by atoms with Crippen LogP contribution in [-0.2, 0) is 6.54 Å². The van der Waals surface area contributed by atoms with Crippen molar-refractivity contribution in [1.82, 2.24) is 0 Å². The summed E-state index contributed by atoms with van der Waals surface area (Å²) in [7, 11) is 0. The van der Waals surface area contributed by atoms with Crippen molar-refractivity contribution in [3.05, 3.63) is 71.3 Å². The predicted octanol–water partition coefficient (Wildman–Crippen LogP) is 2.85. The summed E-state index contributed by atoms with van der Waals surface area (Å²) in [6, 6.07) is 16.0. The topological polar surface area (TPSA) is 60.2 Å². The van der Waals surface area contributed by atoms with Crippen LogP contribution in [0.4, 0.5) is 0 Å². The highest BCUT2D eigenvalue weighted by Crippen LogP contribution is 2.17. The lowest BCUT2D eigenvalue weighted by Crippen LogP contribution is -2.23. The first-order valence-electron chi connectivity index (χ1n) is 6.56. The molecule has 0 aliphatic rings. The van der Waals surface area contributed by atoms with Gasteiger partial charge in [-0.15, -0.1) is 0 Å². The third-order valence-electron chi connectivity index (χ3n) is 3.35. The van der Waals surface area contributed by atoms with Crippen molar-refractivity contribution in [3.63, 3.8) is 0 Å². The maximum atomic E-state index is 12.5. The molecule has 1 atom stereocenters. The molecule has 0 aromatic heterocycles. The van der Waals surface area contributed by atoms with Crippen molar-refractivity contribution in [2.75, 3.05) is 0 Å². The van der Waals surface area contributed by atoms with E-state index >= 15 is 0 Å². The van der Waals surface area contributed by atoms with E-state index in [2.05, 4.69) is 0 Å². The Balaban J connectivity index is 2.27. The molecule has 0 fully saturated rings. The van der Waals surface area contributed by atoms with Gasteiger partial charge >= 0.3 is 0 Å². The lowest BCUT2D eigenvalue weighted by molar-refractivity contribution is 0.0820. The Bertz CT molecular complexity index is 620. The van der Waals surface area contributed by atoms with Crippen LogP contribution in [0.25, 0.3) is 0 Å². The van der Waals surface area contributed by atoms with Gasteiger partial charge in [0.1, 0.15) is 0 Å². The molecule has 2 N–H and O–H groups in total. The summed E-state index contributed by atoms with van der Waals surface area (Å²) in [5.74, 6) is -1.05. The molecule has 2 rings (SSSR count). The van der Waals surface area contributed by atoms with Crippen molar-refractivity contribution >= 4 is 11.6 Å². The van der Waals surface area contributed by atoms with Crippen LogP contribution in [-0.4, -0.2) is 11.6 Å². The molecule has 1 unspecified atom stereocenters. The molecule has 0 aliphatic heterocycles. The average Bonchev–Trinajstić information content (AvgIpc) is 2.53. The first kappa shape index (κ1) is 14.2. The second-order valence-electron chi connectivity index (χ2n) is 4.68. The minimum atomic E-state index is -0.704. The van der Waals surface area contributed by atoms with Crippen LogP contribution < -0.4 is 5.73 Å². The van der Waals surface area contributed by atoms with Gasteiger partial charge in [0.2, 0.25) is 0 Å². The minimum Gasteiger partial charge on any atom is -0.326 e. The van der Waals surface area contributed by atoms with E-state index in [-0.39, 0.29) is 18.1 Å². The third kappa shape index (κ3) is 2.83. The van der Waals surface area contributed by atoms with Gasteiger partial charge in [-0.2, -0.15) is 0 Å². The Labute approximate surface area is 118 Å². The van der Waals surface area contributed by atoms with E-state index in [1.807, 2.05) is 18.2 Å². The Morgan fingerprint density at radius 1 is 0.950 bits per heavy atom. The fourth-order valence-electron chi connectivity index (χ4n) is 2.14. The molecule has 20 heavy (non-hydrogen) atoms. The van der Waals surface area contributed by atoms with Crippen LogP contribution in [0, 0.1) is 5.92 Å². The van der Waals surface area contributed by atoms with Gasteiger partial charge in [-0.05, 0) is 12.5 Å². The quantitative estimate of drug-likeness (QED) is 0.669. The van der Waals surface area contributed by atoms with E-state index in [1.54, 1.807) is 43.3 Å². The molecular formula is C17H17NO2. The van der Waals surface area contributed by atoms with Gasteiger partial charge in [0.25, 0.3) is 0 Å². The van der Waals surface area contributed by atoms with Gasteiger partial charge in [0, 0.05) is 17.7 Å². The van der Waals surface area contributed by atoms with Gasteiger partial charge in [-0.3, -0.25) is 9.59 Å². The second kappa shape index (κ2) is 6.26. The van der Waals surface area contributed by atoms with E-state index in [0.717, 1.165) is 5.56 Å². The molecule has 3 nitrogen and oxygen atoms in total. The molecule has 0 saturated heterocycles. The minimum absolute atomic E-state index is 0.164. The molecule has 0 amide bonds. The number of carbonyl (C=O) groups excluding carboxylic acids is 2. The molecule has 0 radical (unpaired) electrons. The van der Waals surface area contributed by atoms with Crippen LogP contribution >= 0.6 is 0 Å². The molecule has 0 heterocycles. The van der Waals surface area contributed by atoms with Crippen molar-refractivity contribution in [2.24, 2.45) is 11.7 Å². The highest BCUT2D eigenvalue weighted by atomic mass is 16.1. The zero-order valence-electron chi connectivity index (χ0n) is 11.4. The van der Waals surface area contributed by atoms with E-state index in [9.17, 15) is 9.59 Å². The lowest BCUT2D eigenvalue weighted by Gasteiger charge is -2.12. The van der Waals surface area contributed by atoms with Crippen molar-refractivity contribution < 1.29 is 9.59 Å². The molecule has 2 aromatic rings. The first-order chi connectivity index (χ1) is 9.65. The lowest BCUT2D eigenvalue weighted by atomic mass is 9.89. The number of Topliss-reactive ketones (excluding diaryl/α,β-unsaturated/α-hetero) is 2. The van der Waals surface area contributed by atoms with Crippen molar-refractivity contribution in [1.29, 1.82) is 0 Å². The number of ketones is 2. The fourth-order valence-corrected chi connectivity index (χ4v) is 2.14. The van der Waals surface area contributed by atoms with Crippen LogP contribution in [0.2, 0.25) is 0 Å². The zero-order valence-corrected chi connectivity index (χ0v) is 11.4. The summed E-state index contributed by atoms with van der Waals surface area (Å²) >= 11 is 0. The number of benzene rings is 2. The molecule has 3 heteroatoms. The number of rotatable bonds is 5. The summed E-state index contributed by atoms with van der Waals surface area (Å²) in [6.07, 6.45) is 0. The number of hydrogen-bond donors (Lipinski definition) is 1. The fraction of sp³-hybridized carbons (Fsp3) is 0.176.